The van der Waals surface area contributed by atoms with Crippen LogP contribution in [0.25, 0.3) is 0 Å². The molecule has 1 fully saturated rings. The monoisotopic (exact) mass is 254 g/mol. The van der Waals surface area contributed by atoms with Gasteiger partial charge in [0.15, 0.2) is 0 Å². The third-order valence-electron chi connectivity index (χ3n) is 2.83. The van der Waals surface area contributed by atoms with Gasteiger partial charge < -0.3 is 5.32 Å². The Morgan fingerprint density at radius 1 is 1.28 bits per heavy atom. The number of halogens is 2. The predicted octanol–water partition coefficient (Wildman–Crippen LogP) is 0.860. The van der Waals surface area contributed by atoms with E-state index in [1.54, 1.807) is 0 Å². The number of rotatable bonds is 3. The summed E-state index contributed by atoms with van der Waals surface area (Å²) < 4.78 is 26.7. The maximum absolute atomic E-state index is 13.3. The summed E-state index contributed by atoms with van der Waals surface area (Å²) in [5.74, 6) is -2.09. The van der Waals surface area contributed by atoms with Crippen molar-refractivity contribution in [3.05, 3.63) is 35.4 Å². The minimum absolute atomic E-state index is 0.0925. The third kappa shape index (κ3) is 2.70. The summed E-state index contributed by atoms with van der Waals surface area (Å²) in [6.45, 7) is -0.0925. The maximum Gasteiger partial charge on any atom is 0.243 e. The Balaban J connectivity index is 1.99. The number of carbonyl (C=O) groups is 2. The molecule has 0 bridgehead atoms. The lowest BCUT2D eigenvalue weighted by molar-refractivity contribution is -0.134. The average molecular weight is 254 g/mol. The van der Waals surface area contributed by atoms with Crippen LogP contribution in [0.4, 0.5) is 8.78 Å². The molecule has 1 aromatic carbocycles. The summed E-state index contributed by atoms with van der Waals surface area (Å²) in [5, 5.41) is 4.91. The van der Waals surface area contributed by atoms with Crippen LogP contribution in [0.1, 0.15) is 18.4 Å². The van der Waals surface area contributed by atoms with Gasteiger partial charge in [0.25, 0.3) is 0 Å². The SMILES string of the molecule is O=C1CCC(NCc2c(F)cccc2F)C(=O)N1. The van der Waals surface area contributed by atoms with Crippen LogP contribution in [0, 0.1) is 11.6 Å². The molecule has 1 unspecified atom stereocenters. The fourth-order valence-electron chi connectivity index (χ4n) is 1.81. The van der Waals surface area contributed by atoms with Crippen molar-refractivity contribution in [2.45, 2.75) is 25.4 Å². The van der Waals surface area contributed by atoms with Crippen molar-refractivity contribution in [3.8, 4) is 0 Å². The quantitative estimate of drug-likeness (QED) is 0.786. The highest BCUT2D eigenvalue weighted by atomic mass is 19.1. The molecular formula is C12H12F2N2O2. The summed E-state index contributed by atoms with van der Waals surface area (Å²) in [6.07, 6.45) is 0.559. The molecule has 1 saturated heterocycles. The van der Waals surface area contributed by atoms with Gasteiger partial charge in [0.1, 0.15) is 11.6 Å². The number of carbonyl (C=O) groups excluding carboxylic acids is 2. The van der Waals surface area contributed by atoms with Gasteiger partial charge >= 0.3 is 0 Å². The van der Waals surface area contributed by atoms with Gasteiger partial charge in [0.2, 0.25) is 11.8 Å². The Labute approximate surface area is 102 Å². The molecule has 0 aromatic heterocycles. The molecule has 1 aliphatic rings. The van der Waals surface area contributed by atoms with Gasteiger partial charge in [-0.15, -0.1) is 0 Å². The van der Waals surface area contributed by atoms with Crippen molar-refractivity contribution < 1.29 is 18.4 Å². The molecule has 6 heteroatoms. The lowest BCUT2D eigenvalue weighted by Gasteiger charge is -2.22. The minimum Gasteiger partial charge on any atom is -0.302 e. The van der Waals surface area contributed by atoms with E-state index in [9.17, 15) is 18.4 Å². The topological polar surface area (TPSA) is 58.2 Å². The largest absolute Gasteiger partial charge is 0.302 e. The number of piperidine rings is 1. The first-order valence-corrected chi connectivity index (χ1v) is 5.58. The Bertz CT molecular complexity index is 471. The van der Waals surface area contributed by atoms with E-state index in [0.717, 1.165) is 12.1 Å². The number of amides is 2. The highest BCUT2D eigenvalue weighted by Gasteiger charge is 2.26. The fourth-order valence-corrected chi connectivity index (χ4v) is 1.81. The highest BCUT2D eigenvalue weighted by Crippen LogP contribution is 2.13. The number of benzene rings is 1. The van der Waals surface area contributed by atoms with Crippen LogP contribution < -0.4 is 10.6 Å². The number of hydrogen-bond donors (Lipinski definition) is 2. The molecule has 2 rings (SSSR count). The van der Waals surface area contributed by atoms with Crippen LogP contribution in [0.3, 0.4) is 0 Å². The summed E-state index contributed by atoms with van der Waals surface area (Å²) in [5.41, 5.74) is -0.109. The van der Waals surface area contributed by atoms with Gasteiger partial charge in [-0.2, -0.15) is 0 Å². The Kier molecular flexibility index (Phi) is 3.66. The third-order valence-corrected chi connectivity index (χ3v) is 2.83. The normalized spacial score (nSPS) is 19.8. The molecule has 18 heavy (non-hydrogen) atoms. The zero-order chi connectivity index (χ0) is 13.1. The van der Waals surface area contributed by atoms with Gasteiger partial charge in [-0.25, -0.2) is 8.78 Å². The van der Waals surface area contributed by atoms with Crippen LogP contribution in [-0.4, -0.2) is 17.9 Å². The minimum atomic E-state index is -0.658. The van der Waals surface area contributed by atoms with Crippen LogP contribution in [0.2, 0.25) is 0 Å². The van der Waals surface area contributed by atoms with Gasteiger partial charge in [-0.1, -0.05) is 6.07 Å². The molecule has 0 aliphatic carbocycles. The zero-order valence-corrected chi connectivity index (χ0v) is 9.50. The van der Waals surface area contributed by atoms with Crippen molar-refractivity contribution in [3.63, 3.8) is 0 Å². The predicted molar refractivity (Wildman–Crippen MR) is 59.4 cm³/mol. The van der Waals surface area contributed by atoms with Crippen LogP contribution in [-0.2, 0) is 16.1 Å². The summed E-state index contributed by atoms with van der Waals surface area (Å²) in [6, 6.07) is 3.00. The van der Waals surface area contributed by atoms with Crippen LogP contribution in [0.5, 0.6) is 0 Å². The molecule has 2 N–H and O–H groups in total. The van der Waals surface area contributed by atoms with Gasteiger partial charge in [0, 0.05) is 18.5 Å². The number of imide groups is 1. The second-order valence-corrected chi connectivity index (χ2v) is 4.08. The highest BCUT2D eigenvalue weighted by molar-refractivity contribution is 6.00. The van der Waals surface area contributed by atoms with Crippen molar-refractivity contribution in [1.82, 2.24) is 10.6 Å². The van der Waals surface area contributed by atoms with E-state index in [2.05, 4.69) is 10.6 Å². The Morgan fingerprint density at radius 3 is 2.56 bits per heavy atom. The number of nitrogens with one attached hydrogen (secondary N) is 2. The maximum atomic E-state index is 13.3. The number of hydrogen-bond acceptors (Lipinski definition) is 3. The second kappa shape index (κ2) is 5.22. The van der Waals surface area contributed by atoms with E-state index in [0.29, 0.717) is 6.42 Å². The molecule has 1 heterocycles. The van der Waals surface area contributed by atoms with Crippen molar-refractivity contribution in [2.24, 2.45) is 0 Å². The van der Waals surface area contributed by atoms with Crippen molar-refractivity contribution in [1.29, 1.82) is 0 Å². The first kappa shape index (κ1) is 12.6. The first-order chi connectivity index (χ1) is 8.58. The molecule has 0 saturated carbocycles. The molecule has 96 valence electrons. The van der Waals surface area contributed by atoms with Gasteiger partial charge in [-0.3, -0.25) is 14.9 Å². The van der Waals surface area contributed by atoms with E-state index >= 15 is 0 Å². The molecule has 1 aromatic rings. The molecule has 2 amide bonds. The smallest absolute Gasteiger partial charge is 0.243 e. The molecule has 1 atom stereocenters. The second-order valence-electron chi connectivity index (χ2n) is 4.08. The molecule has 4 nitrogen and oxygen atoms in total. The average Bonchev–Trinajstić information content (AvgIpc) is 2.31. The standard InChI is InChI=1S/C12H12F2N2O2/c13-8-2-1-3-9(14)7(8)6-15-10-4-5-11(17)16-12(10)18/h1-3,10,15H,4-6H2,(H,16,17,18). The first-order valence-electron chi connectivity index (χ1n) is 5.58. The van der Waals surface area contributed by atoms with Gasteiger partial charge in [-0.05, 0) is 18.6 Å². The Morgan fingerprint density at radius 2 is 1.94 bits per heavy atom. The zero-order valence-electron chi connectivity index (χ0n) is 9.50. The molecular weight excluding hydrogens is 242 g/mol. The molecule has 0 spiro atoms. The van der Waals surface area contributed by atoms with E-state index < -0.39 is 23.6 Å². The molecule has 1 aliphatic heterocycles. The van der Waals surface area contributed by atoms with Crippen LogP contribution >= 0.6 is 0 Å². The lowest BCUT2D eigenvalue weighted by Crippen LogP contribution is -2.50. The Hall–Kier alpha value is -1.82. The van der Waals surface area contributed by atoms with Gasteiger partial charge in [0.05, 0.1) is 6.04 Å². The molecule has 0 radical (unpaired) electrons. The lowest BCUT2D eigenvalue weighted by atomic mass is 10.1. The van der Waals surface area contributed by atoms with Crippen molar-refractivity contribution >= 4 is 11.8 Å². The fraction of sp³-hybridized carbons (Fsp3) is 0.333. The van der Waals surface area contributed by atoms with Crippen LogP contribution in [0.15, 0.2) is 18.2 Å². The summed E-state index contributed by atoms with van der Waals surface area (Å²) >= 11 is 0. The van der Waals surface area contributed by atoms with E-state index in [-0.39, 0.29) is 24.4 Å². The summed E-state index contributed by atoms with van der Waals surface area (Å²) in [7, 11) is 0. The van der Waals surface area contributed by atoms with E-state index in [4.69, 9.17) is 0 Å². The van der Waals surface area contributed by atoms with Crippen molar-refractivity contribution in [2.75, 3.05) is 0 Å². The van der Waals surface area contributed by atoms with E-state index in [1.807, 2.05) is 0 Å². The summed E-state index contributed by atoms with van der Waals surface area (Å²) in [4.78, 5) is 22.3. The van der Waals surface area contributed by atoms with E-state index in [1.165, 1.54) is 6.07 Å².